The molecule has 4 amide bonds. The number of aromatic nitrogens is 6. The van der Waals surface area contributed by atoms with Crippen LogP contribution in [0.1, 0.15) is 11.4 Å². The van der Waals surface area contributed by atoms with E-state index in [1.54, 1.807) is 48.8 Å². The molecule has 0 bridgehead atoms. The van der Waals surface area contributed by atoms with Crippen molar-refractivity contribution >= 4 is 46.0 Å². The quantitative estimate of drug-likeness (QED) is 0.136. The predicted molar refractivity (Wildman–Crippen MR) is 162 cm³/mol. The Morgan fingerprint density at radius 2 is 1.14 bits per heavy atom. The van der Waals surface area contributed by atoms with Crippen molar-refractivity contribution in [3.8, 4) is 11.5 Å². The van der Waals surface area contributed by atoms with Gasteiger partial charge in [0.2, 0.25) is 11.9 Å². The fraction of sp³-hybridized carbons (Fsp3) is 0.133. The Morgan fingerprint density at radius 3 is 1.58 bits per heavy atom. The molecule has 0 aliphatic heterocycles. The van der Waals surface area contributed by atoms with Crippen LogP contribution >= 0.6 is 0 Å². The number of carbonyl (C=O) groups is 2. The van der Waals surface area contributed by atoms with Crippen molar-refractivity contribution < 1.29 is 14.3 Å². The van der Waals surface area contributed by atoms with E-state index in [9.17, 15) is 9.59 Å². The number of nitrogens with one attached hydrogen (secondary N) is 6. The summed E-state index contributed by atoms with van der Waals surface area (Å²) in [5, 5.41) is 11.0. The lowest BCUT2D eigenvalue weighted by Gasteiger charge is -2.05. The van der Waals surface area contributed by atoms with Crippen LogP contribution < -0.4 is 26.0 Å². The summed E-state index contributed by atoms with van der Waals surface area (Å²) in [4.78, 5) is 48.1. The van der Waals surface area contributed by atoms with Gasteiger partial charge in [0, 0.05) is 61.8 Å². The van der Waals surface area contributed by atoms with Gasteiger partial charge < -0.3 is 25.3 Å². The van der Waals surface area contributed by atoms with E-state index >= 15 is 0 Å². The molecule has 0 atom stereocenters. The van der Waals surface area contributed by atoms with Gasteiger partial charge in [0.15, 0.2) is 0 Å². The molecule has 6 aromatic rings. The Kier molecular flexibility index (Phi) is 8.02. The maximum Gasteiger partial charge on any atom is 0.321 e. The highest BCUT2D eigenvalue weighted by Crippen LogP contribution is 2.28. The zero-order valence-electron chi connectivity index (χ0n) is 22.9. The first-order valence-electron chi connectivity index (χ1n) is 13.6. The van der Waals surface area contributed by atoms with Crippen LogP contribution in [0.4, 0.5) is 21.5 Å². The number of anilines is 2. The molecule has 0 spiro atoms. The van der Waals surface area contributed by atoms with Crippen LogP contribution in [-0.2, 0) is 12.8 Å². The average molecular weight is 577 g/mol. The number of imidazole rings is 2. The number of carbonyl (C=O) groups excluding carboxylic acids is 2. The molecule has 13 heteroatoms. The van der Waals surface area contributed by atoms with Crippen LogP contribution in [0.2, 0.25) is 0 Å². The lowest BCUT2D eigenvalue weighted by molar-refractivity contribution is 0.251. The van der Waals surface area contributed by atoms with Gasteiger partial charge in [-0.2, -0.15) is 0 Å². The van der Waals surface area contributed by atoms with Gasteiger partial charge in [0.25, 0.3) is 0 Å². The number of aromatic amines is 2. The Bertz CT molecular complexity index is 1720. The summed E-state index contributed by atoms with van der Waals surface area (Å²) >= 11 is 0. The van der Waals surface area contributed by atoms with Crippen LogP contribution in [0.3, 0.4) is 0 Å². The highest BCUT2D eigenvalue weighted by Gasteiger charge is 2.11. The number of H-pyrrole nitrogens is 2. The van der Waals surface area contributed by atoms with E-state index in [0.29, 0.717) is 71.4 Å². The summed E-state index contributed by atoms with van der Waals surface area (Å²) in [5.74, 6) is 1.79. The van der Waals surface area contributed by atoms with Crippen molar-refractivity contribution in [2.24, 2.45) is 0 Å². The van der Waals surface area contributed by atoms with E-state index in [4.69, 9.17) is 4.74 Å². The molecular formula is C30H28N10O3. The zero-order chi connectivity index (χ0) is 29.4. The van der Waals surface area contributed by atoms with E-state index < -0.39 is 0 Å². The number of amides is 4. The number of pyridine rings is 2. The molecule has 0 saturated heterocycles. The second-order valence-corrected chi connectivity index (χ2v) is 9.53. The van der Waals surface area contributed by atoms with Crippen molar-refractivity contribution in [3.05, 3.63) is 96.6 Å². The molecule has 0 aliphatic rings. The molecule has 4 heterocycles. The molecule has 216 valence electrons. The van der Waals surface area contributed by atoms with Gasteiger partial charge in [0.1, 0.15) is 11.5 Å². The number of fused-ring (bicyclic) bond motifs is 2. The van der Waals surface area contributed by atoms with Crippen molar-refractivity contribution in [1.82, 2.24) is 40.5 Å². The number of urea groups is 2. The molecule has 0 unspecified atom stereocenters. The third-order valence-corrected chi connectivity index (χ3v) is 6.39. The topological polar surface area (TPSA) is 175 Å². The summed E-state index contributed by atoms with van der Waals surface area (Å²) in [6, 6.07) is 21.4. The van der Waals surface area contributed by atoms with E-state index in [-0.39, 0.29) is 12.1 Å². The van der Waals surface area contributed by atoms with E-state index in [1.807, 2.05) is 36.4 Å². The molecule has 0 aliphatic carbocycles. The summed E-state index contributed by atoms with van der Waals surface area (Å²) in [6.45, 7) is 0.887. The third-order valence-electron chi connectivity index (χ3n) is 6.39. The first-order valence-corrected chi connectivity index (χ1v) is 13.6. The largest absolute Gasteiger partial charge is 0.457 e. The van der Waals surface area contributed by atoms with Gasteiger partial charge in [-0.15, -0.1) is 0 Å². The fourth-order valence-corrected chi connectivity index (χ4v) is 4.36. The number of hydrogen-bond acceptors (Lipinski definition) is 7. The Labute approximate surface area is 245 Å². The second-order valence-electron chi connectivity index (χ2n) is 9.53. The lowest BCUT2D eigenvalue weighted by Crippen LogP contribution is -2.30. The van der Waals surface area contributed by atoms with Crippen molar-refractivity contribution in [2.75, 3.05) is 23.7 Å². The predicted octanol–water partition coefficient (Wildman–Crippen LogP) is 4.75. The summed E-state index contributed by atoms with van der Waals surface area (Å²) < 4.78 is 6.06. The first kappa shape index (κ1) is 27.2. The van der Waals surface area contributed by atoms with Crippen molar-refractivity contribution in [3.63, 3.8) is 0 Å². The molecular weight excluding hydrogens is 548 g/mol. The van der Waals surface area contributed by atoms with Gasteiger partial charge >= 0.3 is 12.1 Å². The average Bonchev–Trinajstić information content (AvgIpc) is 3.60. The molecule has 0 saturated carbocycles. The molecule has 6 rings (SSSR count). The minimum absolute atomic E-state index is 0.321. The van der Waals surface area contributed by atoms with E-state index in [0.717, 1.165) is 11.4 Å². The highest BCUT2D eigenvalue weighted by atomic mass is 16.5. The Balaban J connectivity index is 1.02. The van der Waals surface area contributed by atoms with Gasteiger partial charge in [-0.3, -0.25) is 20.6 Å². The van der Waals surface area contributed by atoms with Crippen LogP contribution in [0.15, 0.2) is 85.2 Å². The van der Waals surface area contributed by atoms with E-state index in [2.05, 4.69) is 51.2 Å². The molecule has 6 N–H and O–H groups in total. The summed E-state index contributed by atoms with van der Waals surface area (Å²) in [5.41, 5.74) is 4.55. The van der Waals surface area contributed by atoms with Crippen LogP contribution in [0.5, 0.6) is 11.5 Å². The molecule has 13 nitrogen and oxygen atoms in total. The minimum atomic E-state index is -0.366. The number of rotatable bonds is 10. The SMILES string of the molecule is O=C(NCCc1ccccn1)Nc1nc2ccc(Oc3ccc4nc(NC(=O)NCCc5ccccn5)[nH]c4c3)cc2[nH]1. The van der Waals surface area contributed by atoms with Crippen molar-refractivity contribution in [2.45, 2.75) is 12.8 Å². The summed E-state index contributed by atoms with van der Waals surface area (Å²) in [6.07, 6.45) is 4.70. The summed E-state index contributed by atoms with van der Waals surface area (Å²) in [7, 11) is 0. The number of ether oxygens (including phenoxy) is 1. The van der Waals surface area contributed by atoms with Gasteiger partial charge in [-0.25, -0.2) is 19.6 Å². The Morgan fingerprint density at radius 1 is 0.651 bits per heavy atom. The molecule has 2 aromatic carbocycles. The maximum absolute atomic E-state index is 12.3. The van der Waals surface area contributed by atoms with Crippen LogP contribution in [-0.4, -0.2) is 55.1 Å². The fourth-order valence-electron chi connectivity index (χ4n) is 4.36. The Hall–Kier alpha value is -5.98. The van der Waals surface area contributed by atoms with Crippen LogP contribution in [0, 0.1) is 0 Å². The lowest BCUT2D eigenvalue weighted by atomic mass is 10.3. The first-order chi connectivity index (χ1) is 21.1. The zero-order valence-corrected chi connectivity index (χ0v) is 22.9. The highest BCUT2D eigenvalue weighted by molar-refractivity contribution is 5.91. The third kappa shape index (κ3) is 7.21. The number of nitrogens with zero attached hydrogens (tertiary/aromatic N) is 4. The maximum atomic E-state index is 12.3. The monoisotopic (exact) mass is 576 g/mol. The molecule has 0 radical (unpaired) electrons. The van der Waals surface area contributed by atoms with Crippen molar-refractivity contribution in [1.29, 1.82) is 0 Å². The normalized spacial score (nSPS) is 10.9. The molecule has 4 aromatic heterocycles. The standard InChI is InChI=1S/C30H28N10O3/c41-29(33-15-11-19-5-1-3-13-31-19)39-27-35-23-9-7-21(17-25(23)37-27)43-22-8-10-24-26(18-22)38-28(36-24)40-30(42)34-16-12-20-6-2-4-14-32-20/h1-10,13-14,17-18H,11-12,15-16H2,(H3,33,35,37,39,41)(H3,34,36,38,40,42). The van der Waals surface area contributed by atoms with Gasteiger partial charge in [-0.05, 0) is 48.5 Å². The molecule has 43 heavy (non-hydrogen) atoms. The second kappa shape index (κ2) is 12.7. The van der Waals surface area contributed by atoms with Gasteiger partial charge in [-0.1, -0.05) is 12.1 Å². The van der Waals surface area contributed by atoms with Crippen LogP contribution in [0.25, 0.3) is 22.1 Å². The molecule has 0 fully saturated rings. The number of benzene rings is 2. The van der Waals surface area contributed by atoms with Gasteiger partial charge in [0.05, 0.1) is 22.1 Å². The smallest absolute Gasteiger partial charge is 0.321 e. The van der Waals surface area contributed by atoms with E-state index in [1.165, 1.54) is 0 Å². The minimum Gasteiger partial charge on any atom is -0.457 e. The number of hydrogen-bond donors (Lipinski definition) is 6.